The lowest BCUT2D eigenvalue weighted by molar-refractivity contribution is -0.122. The zero-order chi connectivity index (χ0) is 16.4. The number of nitrogens with one attached hydrogen (secondary N) is 1. The van der Waals surface area contributed by atoms with Gasteiger partial charge in [0.15, 0.2) is 0 Å². The molecule has 1 saturated heterocycles. The molecule has 0 bridgehead atoms. The first-order chi connectivity index (χ1) is 11.1. The Kier molecular flexibility index (Phi) is 4.08. The van der Waals surface area contributed by atoms with Crippen LogP contribution in [0.5, 0.6) is 0 Å². The number of carbonyl (C=O) groups excluding carboxylic acids is 3. The largest absolute Gasteiger partial charge is 0.335 e. The van der Waals surface area contributed by atoms with Gasteiger partial charge in [0.1, 0.15) is 5.57 Å². The third-order valence-electron chi connectivity index (χ3n) is 3.30. The SMILES string of the molecule is O=C1NC(=O)N(c2ccc(Br)cc2)C(=O)/C1=C\c1ccccc1. The van der Waals surface area contributed by atoms with Crippen molar-refractivity contribution in [3.05, 3.63) is 70.2 Å². The summed E-state index contributed by atoms with van der Waals surface area (Å²) in [5.41, 5.74) is 1.01. The van der Waals surface area contributed by atoms with Crippen molar-refractivity contribution in [3.8, 4) is 0 Å². The molecule has 0 aromatic heterocycles. The summed E-state index contributed by atoms with van der Waals surface area (Å²) in [6.07, 6.45) is 1.47. The van der Waals surface area contributed by atoms with Crippen molar-refractivity contribution in [2.45, 2.75) is 0 Å². The zero-order valence-electron chi connectivity index (χ0n) is 11.8. The van der Waals surface area contributed by atoms with Crippen LogP contribution in [0, 0.1) is 0 Å². The van der Waals surface area contributed by atoms with Crippen LogP contribution in [0.2, 0.25) is 0 Å². The van der Waals surface area contributed by atoms with Crippen LogP contribution in [-0.2, 0) is 9.59 Å². The lowest BCUT2D eigenvalue weighted by atomic mass is 10.1. The van der Waals surface area contributed by atoms with Crippen LogP contribution in [0.1, 0.15) is 5.56 Å². The number of urea groups is 1. The Hall–Kier alpha value is -2.73. The molecule has 0 atom stereocenters. The second-order valence-electron chi connectivity index (χ2n) is 4.84. The van der Waals surface area contributed by atoms with Gasteiger partial charge in [0.25, 0.3) is 11.8 Å². The first-order valence-corrected chi connectivity index (χ1v) is 7.57. The van der Waals surface area contributed by atoms with Gasteiger partial charge in [-0.15, -0.1) is 0 Å². The number of hydrogen-bond acceptors (Lipinski definition) is 3. The highest BCUT2D eigenvalue weighted by atomic mass is 79.9. The Morgan fingerprint density at radius 2 is 1.57 bits per heavy atom. The van der Waals surface area contributed by atoms with E-state index in [-0.39, 0.29) is 5.57 Å². The maximum atomic E-state index is 12.6. The molecule has 0 spiro atoms. The van der Waals surface area contributed by atoms with Gasteiger partial charge in [-0.3, -0.25) is 14.9 Å². The van der Waals surface area contributed by atoms with Gasteiger partial charge in [0.05, 0.1) is 5.69 Å². The van der Waals surface area contributed by atoms with E-state index in [2.05, 4.69) is 21.2 Å². The van der Waals surface area contributed by atoms with Crippen LogP contribution in [0.3, 0.4) is 0 Å². The first kappa shape index (κ1) is 15.2. The quantitative estimate of drug-likeness (QED) is 0.652. The van der Waals surface area contributed by atoms with Gasteiger partial charge in [-0.25, -0.2) is 9.69 Å². The maximum Gasteiger partial charge on any atom is 0.335 e. The van der Waals surface area contributed by atoms with Gasteiger partial charge < -0.3 is 0 Å². The maximum absolute atomic E-state index is 12.6. The summed E-state index contributed by atoms with van der Waals surface area (Å²) in [5, 5.41) is 2.19. The molecule has 0 aliphatic carbocycles. The number of barbiturate groups is 1. The highest BCUT2D eigenvalue weighted by Crippen LogP contribution is 2.23. The van der Waals surface area contributed by atoms with Gasteiger partial charge in [0, 0.05) is 4.47 Å². The number of nitrogens with zero attached hydrogens (tertiary/aromatic N) is 1. The average Bonchev–Trinajstić information content (AvgIpc) is 2.54. The van der Waals surface area contributed by atoms with E-state index < -0.39 is 17.8 Å². The number of imide groups is 2. The van der Waals surface area contributed by atoms with E-state index in [1.54, 1.807) is 48.5 Å². The number of carbonyl (C=O) groups is 3. The van der Waals surface area contributed by atoms with Crippen molar-refractivity contribution >= 4 is 45.5 Å². The zero-order valence-corrected chi connectivity index (χ0v) is 13.4. The average molecular weight is 371 g/mol. The summed E-state index contributed by atoms with van der Waals surface area (Å²) in [5.74, 6) is -1.35. The van der Waals surface area contributed by atoms with Crippen molar-refractivity contribution in [2.75, 3.05) is 4.90 Å². The second kappa shape index (κ2) is 6.18. The third kappa shape index (κ3) is 3.07. The Labute approximate surface area is 140 Å². The first-order valence-electron chi connectivity index (χ1n) is 6.78. The van der Waals surface area contributed by atoms with Crippen LogP contribution in [0.15, 0.2) is 64.6 Å². The molecule has 1 aliphatic rings. The van der Waals surface area contributed by atoms with Gasteiger partial charge in [-0.2, -0.15) is 0 Å². The minimum absolute atomic E-state index is 0.0845. The molecule has 5 nitrogen and oxygen atoms in total. The monoisotopic (exact) mass is 370 g/mol. The summed E-state index contributed by atoms with van der Waals surface area (Å²) in [7, 11) is 0. The van der Waals surface area contributed by atoms with Gasteiger partial charge in [-0.1, -0.05) is 46.3 Å². The highest BCUT2D eigenvalue weighted by molar-refractivity contribution is 9.10. The van der Waals surface area contributed by atoms with E-state index in [0.29, 0.717) is 11.3 Å². The number of rotatable bonds is 2. The Balaban J connectivity index is 2.01. The number of benzene rings is 2. The van der Waals surface area contributed by atoms with Crippen LogP contribution < -0.4 is 10.2 Å². The summed E-state index contributed by atoms with van der Waals surface area (Å²) < 4.78 is 0.822. The van der Waals surface area contributed by atoms with Gasteiger partial charge >= 0.3 is 6.03 Å². The number of amides is 4. The third-order valence-corrected chi connectivity index (χ3v) is 3.83. The van der Waals surface area contributed by atoms with Crippen molar-refractivity contribution in [1.29, 1.82) is 0 Å². The van der Waals surface area contributed by atoms with Gasteiger partial charge in [0.2, 0.25) is 0 Å². The van der Waals surface area contributed by atoms with E-state index in [1.807, 2.05) is 6.07 Å². The van der Waals surface area contributed by atoms with Crippen LogP contribution in [-0.4, -0.2) is 17.8 Å². The molecule has 0 unspecified atom stereocenters. The van der Waals surface area contributed by atoms with Gasteiger partial charge in [-0.05, 0) is 35.9 Å². The molecule has 1 fully saturated rings. The normalized spacial score (nSPS) is 16.7. The van der Waals surface area contributed by atoms with E-state index in [9.17, 15) is 14.4 Å². The Bertz CT molecular complexity index is 813. The molecule has 6 heteroatoms. The van der Waals surface area contributed by atoms with Crippen LogP contribution >= 0.6 is 15.9 Å². The molecule has 0 radical (unpaired) electrons. The summed E-state index contributed by atoms with van der Waals surface area (Å²) in [6.45, 7) is 0. The van der Waals surface area contributed by atoms with Crippen LogP contribution in [0.4, 0.5) is 10.5 Å². The van der Waals surface area contributed by atoms with E-state index >= 15 is 0 Å². The second-order valence-corrected chi connectivity index (χ2v) is 5.76. The smallest absolute Gasteiger partial charge is 0.273 e. The fourth-order valence-corrected chi connectivity index (χ4v) is 2.46. The molecular formula is C17H11BrN2O3. The lowest BCUT2D eigenvalue weighted by Crippen LogP contribution is -2.54. The number of hydrogen-bond donors (Lipinski definition) is 1. The molecule has 1 aliphatic heterocycles. The lowest BCUT2D eigenvalue weighted by Gasteiger charge is -2.26. The summed E-state index contributed by atoms with van der Waals surface area (Å²) in [6, 6.07) is 14.9. The molecule has 3 rings (SSSR count). The summed E-state index contributed by atoms with van der Waals surface area (Å²) >= 11 is 3.30. The molecule has 23 heavy (non-hydrogen) atoms. The molecule has 0 saturated carbocycles. The van der Waals surface area contributed by atoms with E-state index in [4.69, 9.17) is 0 Å². The van der Waals surface area contributed by atoms with Crippen molar-refractivity contribution in [1.82, 2.24) is 5.32 Å². The van der Waals surface area contributed by atoms with E-state index in [0.717, 1.165) is 9.37 Å². The van der Waals surface area contributed by atoms with Crippen LogP contribution in [0.25, 0.3) is 6.08 Å². The molecule has 114 valence electrons. The fraction of sp³-hybridized carbons (Fsp3) is 0. The minimum atomic E-state index is -0.757. The molecule has 2 aromatic carbocycles. The Morgan fingerprint density at radius 3 is 2.22 bits per heavy atom. The topological polar surface area (TPSA) is 66.5 Å². The molecular weight excluding hydrogens is 360 g/mol. The molecule has 1 N–H and O–H groups in total. The summed E-state index contributed by atoms with van der Waals surface area (Å²) in [4.78, 5) is 37.6. The highest BCUT2D eigenvalue weighted by Gasteiger charge is 2.36. The predicted octanol–water partition coefficient (Wildman–Crippen LogP) is 3.12. The van der Waals surface area contributed by atoms with E-state index in [1.165, 1.54) is 6.08 Å². The van der Waals surface area contributed by atoms with Crippen molar-refractivity contribution in [3.63, 3.8) is 0 Å². The molecule has 4 amide bonds. The standard InChI is InChI=1S/C17H11BrN2O3/c18-12-6-8-13(9-7-12)20-16(22)14(15(21)19-17(20)23)10-11-4-2-1-3-5-11/h1-10H,(H,19,21,23)/b14-10-. The van der Waals surface area contributed by atoms with Crippen molar-refractivity contribution in [2.24, 2.45) is 0 Å². The number of anilines is 1. The molecule has 2 aromatic rings. The number of halogens is 1. The predicted molar refractivity (Wildman–Crippen MR) is 89.6 cm³/mol. The fourth-order valence-electron chi connectivity index (χ4n) is 2.20. The molecule has 1 heterocycles. The Morgan fingerprint density at radius 1 is 0.913 bits per heavy atom. The van der Waals surface area contributed by atoms with Crippen molar-refractivity contribution < 1.29 is 14.4 Å². The minimum Gasteiger partial charge on any atom is -0.273 e.